The van der Waals surface area contributed by atoms with E-state index in [2.05, 4.69) is 15.6 Å². The minimum absolute atomic E-state index is 0.285. The number of fused-ring (bicyclic) bond motifs is 2. The number of ether oxygens (including phenoxy) is 1. The smallest absolute Gasteiger partial charge is 0.191 e. The highest BCUT2D eigenvalue weighted by molar-refractivity contribution is 5.80. The van der Waals surface area contributed by atoms with Gasteiger partial charge in [-0.3, -0.25) is 4.99 Å². The van der Waals surface area contributed by atoms with Gasteiger partial charge in [0.05, 0.1) is 6.10 Å². The Hall–Kier alpha value is -1.69. The Morgan fingerprint density at radius 2 is 2.20 bits per heavy atom. The lowest BCUT2D eigenvalue weighted by Gasteiger charge is -2.63. The molecule has 25 heavy (non-hydrogen) atoms. The van der Waals surface area contributed by atoms with Crippen molar-refractivity contribution in [2.45, 2.75) is 44.2 Å². The number of aliphatic imine (C=N–C) groups is 1. The molecular weight excluding hydrogens is 324 g/mol. The maximum absolute atomic E-state index is 13.7. The van der Waals surface area contributed by atoms with Crippen LogP contribution in [0.25, 0.3) is 0 Å². The second kappa shape index (κ2) is 6.56. The molecule has 0 amide bonds. The summed E-state index contributed by atoms with van der Waals surface area (Å²) >= 11 is 0. The van der Waals surface area contributed by atoms with Gasteiger partial charge in [0.2, 0.25) is 0 Å². The standard InChI is InChI=1S/C19H25F2N3O/c1-22-18(23-9-5-12-11-13(20)3-4-15(12)21)24-16-14-6-10-25-17(14)19(16)7-2-8-19/h3-4,11,14,16-17H,2,5-10H2,1H3,(H2,22,23,24). The van der Waals surface area contributed by atoms with Crippen LogP contribution in [-0.4, -0.2) is 38.3 Å². The van der Waals surface area contributed by atoms with Crippen LogP contribution in [-0.2, 0) is 11.2 Å². The fraction of sp³-hybridized carbons (Fsp3) is 0.632. The van der Waals surface area contributed by atoms with Gasteiger partial charge in [-0.25, -0.2) is 8.78 Å². The minimum atomic E-state index is -0.410. The van der Waals surface area contributed by atoms with Crippen molar-refractivity contribution in [1.82, 2.24) is 10.6 Å². The van der Waals surface area contributed by atoms with Crippen molar-refractivity contribution in [2.24, 2.45) is 16.3 Å². The summed E-state index contributed by atoms with van der Waals surface area (Å²) in [7, 11) is 1.74. The Kier molecular flexibility index (Phi) is 4.40. The van der Waals surface area contributed by atoms with Crippen LogP contribution in [0.1, 0.15) is 31.2 Å². The number of nitrogens with one attached hydrogen (secondary N) is 2. The van der Waals surface area contributed by atoms with Gasteiger partial charge in [-0.1, -0.05) is 6.42 Å². The molecule has 1 heterocycles. The normalized spacial score (nSPS) is 29.7. The van der Waals surface area contributed by atoms with E-state index in [0.717, 1.165) is 25.1 Å². The predicted molar refractivity (Wildman–Crippen MR) is 92.5 cm³/mol. The summed E-state index contributed by atoms with van der Waals surface area (Å²) in [6.07, 6.45) is 5.65. The fourth-order valence-corrected chi connectivity index (χ4v) is 4.85. The summed E-state index contributed by atoms with van der Waals surface area (Å²) in [4.78, 5) is 4.30. The van der Waals surface area contributed by atoms with Crippen molar-refractivity contribution in [1.29, 1.82) is 0 Å². The molecule has 0 bridgehead atoms. The summed E-state index contributed by atoms with van der Waals surface area (Å²) in [5.41, 5.74) is 0.666. The van der Waals surface area contributed by atoms with E-state index < -0.39 is 5.82 Å². The van der Waals surface area contributed by atoms with Gasteiger partial charge in [0.1, 0.15) is 11.6 Å². The Balaban J connectivity index is 1.33. The Morgan fingerprint density at radius 3 is 2.92 bits per heavy atom. The molecule has 136 valence electrons. The molecule has 2 aliphatic carbocycles. The monoisotopic (exact) mass is 349 g/mol. The molecule has 3 unspecified atom stereocenters. The number of rotatable bonds is 4. The van der Waals surface area contributed by atoms with Crippen LogP contribution in [0, 0.1) is 23.0 Å². The lowest BCUT2D eigenvalue weighted by Crippen LogP contribution is -2.72. The quantitative estimate of drug-likeness (QED) is 0.649. The molecule has 0 aromatic heterocycles. The molecule has 2 N–H and O–H groups in total. The van der Waals surface area contributed by atoms with Crippen molar-refractivity contribution in [2.75, 3.05) is 20.2 Å². The van der Waals surface area contributed by atoms with E-state index in [1.54, 1.807) is 7.05 Å². The molecule has 0 radical (unpaired) electrons. The van der Waals surface area contributed by atoms with Gasteiger partial charge >= 0.3 is 0 Å². The number of halogens is 2. The first-order chi connectivity index (χ1) is 12.1. The van der Waals surface area contributed by atoms with Crippen molar-refractivity contribution >= 4 is 5.96 Å². The van der Waals surface area contributed by atoms with E-state index in [1.165, 1.54) is 31.4 Å². The maximum atomic E-state index is 13.7. The summed E-state index contributed by atoms with van der Waals surface area (Å²) in [6.45, 7) is 1.37. The predicted octanol–water partition coefficient (Wildman–Crippen LogP) is 2.63. The SMILES string of the molecule is CN=C(NCCc1cc(F)ccc1F)NC1C2CCOC2C12CCC2. The molecule has 4 rings (SSSR count). The first-order valence-electron chi connectivity index (χ1n) is 9.17. The van der Waals surface area contributed by atoms with Gasteiger partial charge in [0.15, 0.2) is 5.96 Å². The average molecular weight is 349 g/mol. The third-order valence-electron chi connectivity index (χ3n) is 6.25. The molecule has 1 aliphatic heterocycles. The van der Waals surface area contributed by atoms with E-state index in [4.69, 9.17) is 4.74 Å². The van der Waals surface area contributed by atoms with Crippen molar-refractivity contribution in [3.8, 4) is 0 Å². The van der Waals surface area contributed by atoms with Gasteiger partial charge in [-0.2, -0.15) is 0 Å². The van der Waals surface area contributed by atoms with E-state index in [0.29, 0.717) is 36.6 Å². The minimum Gasteiger partial charge on any atom is -0.377 e. The highest BCUT2D eigenvalue weighted by Crippen LogP contribution is 2.62. The molecular formula is C19H25F2N3O. The van der Waals surface area contributed by atoms with Gasteiger partial charge in [0.25, 0.3) is 0 Å². The average Bonchev–Trinajstić information content (AvgIpc) is 2.97. The molecule has 1 aromatic carbocycles. The van der Waals surface area contributed by atoms with Gasteiger partial charge < -0.3 is 15.4 Å². The summed E-state index contributed by atoms with van der Waals surface area (Å²) in [5.74, 6) is 0.523. The first-order valence-corrected chi connectivity index (χ1v) is 9.17. The van der Waals surface area contributed by atoms with Gasteiger partial charge in [-0.15, -0.1) is 0 Å². The molecule has 3 atom stereocenters. The Labute approximate surface area is 147 Å². The molecule has 1 aromatic rings. The van der Waals surface area contributed by atoms with E-state index in [1.807, 2.05) is 0 Å². The van der Waals surface area contributed by atoms with Gasteiger partial charge in [0, 0.05) is 37.6 Å². The molecule has 3 fully saturated rings. The Morgan fingerprint density at radius 1 is 1.36 bits per heavy atom. The summed E-state index contributed by atoms with van der Waals surface area (Å²) < 4.78 is 32.9. The van der Waals surface area contributed by atoms with Gasteiger partial charge in [-0.05, 0) is 49.4 Å². The highest BCUT2D eigenvalue weighted by Gasteiger charge is 2.66. The molecule has 2 saturated carbocycles. The third kappa shape index (κ3) is 2.80. The highest BCUT2D eigenvalue weighted by atomic mass is 19.1. The second-order valence-electron chi connectivity index (χ2n) is 7.44. The van der Waals surface area contributed by atoms with Crippen LogP contribution in [0.4, 0.5) is 8.78 Å². The number of nitrogens with zero attached hydrogens (tertiary/aromatic N) is 1. The molecule has 3 aliphatic rings. The third-order valence-corrected chi connectivity index (χ3v) is 6.25. The summed E-state index contributed by atoms with van der Waals surface area (Å²) in [5, 5.41) is 6.81. The molecule has 4 nitrogen and oxygen atoms in total. The lowest BCUT2D eigenvalue weighted by molar-refractivity contribution is -0.171. The summed E-state index contributed by atoms with van der Waals surface area (Å²) in [6, 6.07) is 3.97. The van der Waals surface area contributed by atoms with Crippen molar-refractivity contribution in [3.63, 3.8) is 0 Å². The number of benzene rings is 1. The van der Waals surface area contributed by atoms with Crippen LogP contribution >= 0.6 is 0 Å². The molecule has 1 saturated heterocycles. The van der Waals surface area contributed by atoms with Crippen LogP contribution in [0.3, 0.4) is 0 Å². The lowest BCUT2D eigenvalue weighted by atomic mass is 9.46. The number of hydrogen-bond donors (Lipinski definition) is 2. The van der Waals surface area contributed by atoms with Crippen molar-refractivity contribution < 1.29 is 13.5 Å². The van der Waals surface area contributed by atoms with E-state index in [9.17, 15) is 8.78 Å². The zero-order chi connectivity index (χ0) is 17.4. The van der Waals surface area contributed by atoms with Crippen LogP contribution in [0.15, 0.2) is 23.2 Å². The maximum Gasteiger partial charge on any atom is 0.191 e. The molecule has 1 spiro atoms. The van der Waals surface area contributed by atoms with Crippen LogP contribution < -0.4 is 10.6 Å². The topological polar surface area (TPSA) is 45.7 Å². The van der Waals surface area contributed by atoms with Crippen LogP contribution in [0.2, 0.25) is 0 Å². The van der Waals surface area contributed by atoms with Crippen LogP contribution in [0.5, 0.6) is 0 Å². The van der Waals surface area contributed by atoms with E-state index in [-0.39, 0.29) is 11.2 Å². The fourth-order valence-electron chi connectivity index (χ4n) is 4.85. The largest absolute Gasteiger partial charge is 0.377 e. The van der Waals surface area contributed by atoms with E-state index >= 15 is 0 Å². The zero-order valence-electron chi connectivity index (χ0n) is 14.5. The zero-order valence-corrected chi connectivity index (χ0v) is 14.5. The Bertz CT molecular complexity index is 675. The van der Waals surface area contributed by atoms with Crippen molar-refractivity contribution in [3.05, 3.63) is 35.4 Å². The second-order valence-corrected chi connectivity index (χ2v) is 7.44. The number of guanidine groups is 1. The number of hydrogen-bond acceptors (Lipinski definition) is 2. The molecule has 6 heteroatoms. The first kappa shape index (κ1) is 16.8.